The monoisotopic (exact) mass is 351 g/mol. The fraction of sp³-hybridized carbons (Fsp3) is 0.100. The first-order valence-electron chi connectivity index (χ1n) is 8.04. The van der Waals surface area contributed by atoms with E-state index in [0.29, 0.717) is 11.4 Å². The van der Waals surface area contributed by atoms with Gasteiger partial charge < -0.3 is 15.4 Å². The third-order valence-electron chi connectivity index (χ3n) is 3.67. The first-order valence-corrected chi connectivity index (χ1v) is 8.04. The van der Waals surface area contributed by atoms with Crippen molar-refractivity contribution in [1.82, 2.24) is 4.98 Å². The van der Waals surface area contributed by atoms with Gasteiger partial charge in [-0.1, -0.05) is 24.3 Å². The fourth-order valence-corrected chi connectivity index (χ4v) is 2.46. The number of amides is 1. The van der Waals surface area contributed by atoms with Gasteiger partial charge in [0, 0.05) is 0 Å². The Balaban J connectivity index is 1.61. The van der Waals surface area contributed by atoms with Gasteiger partial charge >= 0.3 is 0 Å². The summed E-state index contributed by atoms with van der Waals surface area (Å²) in [7, 11) is 1.61. The molecule has 0 radical (unpaired) electrons. The topological polar surface area (TPSA) is 63.2 Å². The molecular formula is C20H18FN3O2. The van der Waals surface area contributed by atoms with Crippen LogP contribution < -0.4 is 15.4 Å². The Bertz CT molecular complexity index is 898. The van der Waals surface area contributed by atoms with Crippen LogP contribution in [0.2, 0.25) is 0 Å². The molecule has 0 bridgehead atoms. The molecule has 132 valence electrons. The van der Waals surface area contributed by atoms with Crippen LogP contribution in [0, 0.1) is 5.82 Å². The lowest BCUT2D eigenvalue weighted by atomic mass is 10.1. The van der Waals surface area contributed by atoms with Crippen LogP contribution in [-0.4, -0.2) is 18.0 Å². The van der Waals surface area contributed by atoms with Gasteiger partial charge in [0.25, 0.3) is 0 Å². The molecule has 0 atom stereocenters. The molecule has 0 saturated heterocycles. The lowest BCUT2D eigenvalue weighted by Crippen LogP contribution is -2.15. The van der Waals surface area contributed by atoms with Crippen molar-refractivity contribution in [3.63, 3.8) is 0 Å². The van der Waals surface area contributed by atoms with E-state index in [1.165, 1.54) is 12.1 Å². The zero-order chi connectivity index (χ0) is 18.4. The zero-order valence-electron chi connectivity index (χ0n) is 14.2. The molecule has 0 spiro atoms. The van der Waals surface area contributed by atoms with Crippen LogP contribution in [0.15, 0.2) is 66.9 Å². The highest BCUT2D eigenvalue weighted by molar-refractivity contribution is 5.91. The number of ether oxygens (including phenoxy) is 1. The Kier molecular flexibility index (Phi) is 5.43. The minimum Gasteiger partial charge on any atom is -0.495 e. The minimum absolute atomic E-state index is 0.0840. The van der Waals surface area contributed by atoms with E-state index in [1.54, 1.807) is 37.6 Å². The number of methoxy groups -OCH3 is 1. The van der Waals surface area contributed by atoms with Crippen LogP contribution in [-0.2, 0) is 11.2 Å². The maximum absolute atomic E-state index is 13.2. The molecule has 1 aromatic heterocycles. The van der Waals surface area contributed by atoms with Gasteiger partial charge in [0.15, 0.2) is 0 Å². The standard InChI is InChI=1S/C20H18FN3O2/c1-26-18-8-3-2-7-17(18)23-16-9-10-19(22-13-16)24-20(25)12-14-5-4-6-15(21)11-14/h2-11,13,23H,12H2,1H3,(H,22,24,25). The maximum atomic E-state index is 13.2. The molecule has 0 fully saturated rings. The van der Waals surface area contributed by atoms with Crippen LogP contribution >= 0.6 is 0 Å². The van der Waals surface area contributed by atoms with Gasteiger partial charge in [-0.25, -0.2) is 9.37 Å². The molecule has 2 N–H and O–H groups in total. The molecule has 1 heterocycles. The Morgan fingerprint density at radius 1 is 1.12 bits per heavy atom. The van der Waals surface area contributed by atoms with Crippen molar-refractivity contribution in [3.8, 4) is 5.75 Å². The number of aromatic nitrogens is 1. The Morgan fingerprint density at radius 3 is 2.69 bits per heavy atom. The summed E-state index contributed by atoms with van der Waals surface area (Å²) in [6, 6.07) is 17.0. The quantitative estimate of drug-likeness (QED) is 0.700. The summed E-state index contributed by atoms with van der Waals surface area (Å²) in [6.07, 6.45) is 1.70. The molecule has 0 aliphatic rings. The summed E-state index contributed by atoms with van der Waals surface area (Å²) in [5.74, 6) is 0.533. The van der Waals surface area contributed by atoms with Gasteiger partial charge in [-0.05, 0) is 42.0 Å². The van der Waals surface area contributed by atoms with Gasteiger partial charge in [0.1, 0.15) is 17.4 Å². The van der Waals surface area contributed by atoms with E-state index in [-0.39, 0.29) is 18.1 Å². The van der Waals surface area contributed by atoms with Crippen molar-refractivity contribution in [3.05, 3.63) is 78.2 Å². The third-order valence-corrected chi connectivity index (χ3v) is 3.67. The number of para-hydroxylation sites is 2. The average Bonchev–Trinajstić information content (AvgIpc) is 2.64. The van der Waals surface area contributed by atoms with Crippen LogP contribution in [0.5, 0.6) is 5.75 Å². The fourth-order valence-electron chi connectivity index (χ4n) is 2.46. The molecule has 2 aromatic carbocycles. The minimum atomic E-state index is -0.361. The van der Waals surface area contributed by atoms with E-state index in [2.05, 4.69) is 15.6 Å². The molecule has 0 saturated carbocycles. The van der Waals surface area contributed by atoms with Gasteiger partial charge in [0.2, 0.25) is 5.91 Å². The van der Waals surface area contributed by atoms with Crippen molar-refractivity contribution < 1.29 is 13.9 Å². The number of carbonyl (C=O) groups excluding carboxylic acids is 1. The number of pyridine rings is 1. The smallest absolute Gasteiger partial charge is 0.229 e. The molecule has 1 amide bonds. The summed E-state index contributed by atoms with van der Waals surface area (Å²) >= 11 is 0. The molecule has 0 aliphatic carbocycles. The van der Waals surface area contributed by atoms with Crippen LogP contribution in [0.25, 0.3) is 0 Å². The first kappa shape index (κ1) is 17.4. The summed E-state index contributed by atoms with van der Waals surface area (Å²) in [5, 5.41) is 5.91. The van der Waals surface area contributed by atoms with E-state index in [1.807, 2.05) is 24.3 Å². The third kappa shape index (κ3) is 4.57. The maximum Gasteiger partial charge on any atom is 0.229 e. The molecule has 0 unspecified atom stereocenters. The lowest BCUT2D eigenvalue weighted by molar-refractivity contribution is -0.115. The Labute approximate surface area is 150 Å². The van der Waals surface area contributed by atoms with Crippen LogP contribution in [0.3, 0.4) is 0 Å². The second-order valence-corrected chi connectivity index (χ2v) is 5.61. The normalized spacial score (nSPS) is 10.2. The van der Waals surface area contributed by atoms with Crippen molar-refractivity contribution in [2.75, 3.05) is 17.7 Å². The Hall–Kier alpha value is -3.41. The van der Waals surface area contributed by atoms with Gasteiger partial charge in [-0.2, -0.15) is 0 Å². The van der Waals surface area contributed by atoms with E-state index in [0.717, 1.165) is 17.1 Å². The summed E-state index contributed by atoms with van der Waals surface area (Å²) in [5.41, 5.74) is 2.19. The number of halogens is 1. The highest BCUT2D eigenvalue weighted by Crippen LogP contribution is 2.26. The number of carbonyl (C=O) groups is 1. The van der Waals surface area contributed by atoms with E-state index < -0.39 is 0 Å². The van der Waals surface area contributed by atoms with Crippen molar-refractivity contribution in [2.45, 2.75) is 6.42 Å². The van der Waals surface area contributed by atoms with E-state index in [4.69, 9.17) is 4.74 Å². The summed E-state index contributed by atoms with van der Waals surface area (Å²) in [6.45, 7) is 0. The van der Waals surface area contributed by atoms with E-state index in [9.17, 15) is 9.18 Å². The van der Waals surface area contributed by atoms with Crippen molar-refractivity contribution >= 4 is 23.1 Å². The second kappa shape index (κ2) is 8.11. The molecule has 5 nitrogen and oxygen atoms in total. The molecule has 3 aromatic rings. The van der Waals surface area contributed by atoms with E-state index >= 15 is 0 Å². The van der Waals surface area contributed by atoms with Gasteiger partial charge in [-0.3, -0.25) is 4.79 Å². The molecule has 0 aliphatic heterocycles. The number of hydrogen-bond donors (Lipinski definition) is 2. The summed E-state index contributed by atoms with van der Waals surface area (Å²) in [4.78, 5) is 16.3. The van der Waals surface area contributed by atoms with Crippen molar-refractivity contribution in [2.24, 2.45) is 0 Å². The number of rotatable bonds is 6. The van der Waals surface area contributed by atoms with Gasteiger partial charge in [0.05, 0.1) is 31.1 Å². The molecule has 3 rings (SSSR count). The number of anilines is 3. The summed E-state index contributed by atoms with van der Waals surface area (Å²) < 4.78 is 18.5. The predicted molar refractivity (Wildman–Crippen MR) is 99.2 cm³/mol. The van der Waals surface area contributed by atoms with Crippen molar-refractivity contribution in [1.29, 1.82) is 0 Å². The first-order chi connectivity index (χ1) is 12.6. The predicted octanol–water partition coefficient (Wildman–Crippen LogP) is 4.15. The molecular weight excluding hydrogens is 333 g/mol. The largest absolute Gasteiger partial charge is 0.495 e. The SMILES string of the molecule is COc1ccccc1Nc1ccc(NC(=O)Cc2cccc(F)c2)nc1. The number of benzene rings is 2. The highest BCUT2D eigenvalue weighted by atomic mass is 19.1. The van der Waals surface area contributed by atoms with Crippen LogP contribution in [0.1, 0.15) is 5.56 Å². The number of nitrogens with zero attached hydrogens (tertiary/aromatic N) is 1. The van der Waals surface area contributed by atoms with Gasteiger partial charge in [-0.15, -0.1) is 0 Å². The van der Waals surface area contributed by atoms with Crippen LogP contribution in [0.4, 0.5) is 21.6 Å². The zero-order valence-corrected chi connectivity index (χ0v) is 14.2. The molecule has 6 heteroatoms. The number of nitrogens with one attached hydrogen (secondary N) is 2. The molecule has 26 heavy (non-hydrogen) atoms. The number of hydrogen-bond acceptors (Lipinski definition) is 4. The average molecular weight is 351 g/mol. The lowest BCUT2D eigenvalue weighted by Gasteiger charge is -2.11. The second-order valence-electron chi connectivity index (χ2n) is 5.61. The Morgan fingerprint density at radius 2 is 1.96 bits per heavy atom. The highest BCUT2D eigenvalue weighted by Gasteiger charge is 2.07.